The van der Waals surface area contributed by atoms with Crippen LogP contribution in [0.5, 0.6) is 5.75 Å². The Labute approximate surface area is 189 Å². The molecule has 0 atom stereocenters. The fourth-order valence-corrected chi connectivity index (χ4v) is 5.14. The topological polar surface area (TPSA) is 75.7 Å². The summed E-state index contributed by atoms with van der Waals surface area (Å²) in [5.74, 6) is 0.286. The Hall–Kier alpha value is -2.09. The van der Waals surface area contributed by atoms with Crippen molar-refractivity contribution in [2.24, 2.45) is 0 Å². The van der Waals surface area contributed by atoms with Crippen molar-refractivity contribution in [1.82, 2.24) is 9.62 Å². The van der Waals surface area contributed by atoms with Crippen LogP contribution in [-0.2, 0) is 15.4 Å². The van der Waals surface area contributed by atoms with E-state index in [1.807, 2.05) is 24.3 Å². The van der Waals surface area contributed by atoms with Crippen LogP contribution in [0.3, 0.4) is 0 Å². The minimum Gasteiger partial charge on any atom is -0.492 e. The van der Waals surface area contributed by atoms with Crippen molar-refractivity contribution in [2.45, 2.75) is 43.9 Å². The second-order valence-electron chi connectivity index (χ2n) is 8.63. The minimum atomic E-state index is -3.62. The highest BCUT2D eigenvalue weighted by Gasteiger charge is 2.28. The number of sulfonamides is 1. The molecule has 1 N–H and O–H groups in total. The highest BCUT2D eigenvalue weighted by atomic mass is 35.5. The van der Waals surface area contributed by atoms with Gasteiger partial charge in [0.25, 0.3) is 5.91 Å². The van der Waals surface area contributed by atoms with Crippen LogP contribution in [0.2, 0.25) is 5.02 Å². The van der Waals surface area contributed by atoms with E-state index < -0.39 is 15.9 Å². The molecule has 2 aromatic rings. The summed E-state index contributed by atoms with van der Waals surface area (Å²) in [6, 6.07) is 12.1. The molecule has 0 radical (unpaired) electrons. The molecule has 6 nitrogen and oxygen atoms in total. The molecule has 1 saturated heterocycles. The van der Waals surface area contributed by atoms with E-state index in [0.29, 0.717) is 13.1 Å². The van der Waals surface area contributed by atoms with Crippen molar-refractivity contribution in [2.75, 3.05) is 26.2 Å². The monoisotopic (exact) mass is 464 g/mol. The number of nitrogens with zero attached hydrogens (tertiary/aromatic N) is 1. The minimum absolute atomic E-state index is 0.0720. The number of hydrogen-bond acceptors (Lipinski definition) is 4. The molecule has 0 bridgehead atoms. The molecule has 0 saturated carbocycles. The van der Waals surface area contributed by atoms with Crippen LogP contribution in [0.25, 0.3) is 0 Å². The number of halogens is 1. The van der Waals surface area contributed by atoms with Crippen molar-refractivity contribution in [3.63, 3.8) is 0 Å². The van der Waals surface area contributed by atoms with Gasteiger partial charge in [0.1, 0.15) is 12.4 Å². The zero-order valence-electron chi connectivity index (χ0n) is 18.2. The number of benzene rings is 2. The van der Waals surface area contributed by atoms with Gasteiger partial charge in [0.15, 0.2) is 0 Å². The van der Waals surface area contributed by atoms with Gasteiger partial charge in [-0.1, -0.05) is 44.5 Å². The first-order chi connectivity index (χ1) is 14.6. The summed E-state index contributed by atoms with van der Waals surface area (Å²) in [5.41, 5.74) is 1.42. The number of ether oxygens (including phenoxy) is 1. The SMILES string of the molecule is CC(C)(C)c1ccc(OCCNC(=O)c2cc(S(=O)(=O)N3CCCC3)ccc2Cl)cc1. The average Bonchev–Trinajstić information content (AvgIpc) is 3.27. The summed E-state index contributed by atoms with van der Waals surface area (Å²) in [7, 11) is -3.62. The van der Waals surface area contributed by atoms with E-state index in [2.05, 4.69) is 26.1 Å². The van der Waals surface area contributed by atoms with E-state index in [1.165, 1.54) is 28.1 Å². The van der Waals surface area contributed by atoms with E-state index in [4.69, 9.17) is 16.3 Å². The van der Waals surface area contributed by atoms with Gasteiger partial charge in [-0.15, -0.1) is 0 Å². The Kier molecular flexibility index (Phi) is 7.29. The van der Waals surface area contributed by atoms with Crippen LogP contribution in [0.4, 0.5) is 0 Å². The first-order valence-electron chi connectivity index (χ1n) is 10.4. The molecule has 0 unspecified atom stereocenters. The van der Waals surface area contributed by atoms with Gasteiger partial charge in [0, 0.05) is 13.1 Å². The highest BCUT2D eigenvalue weighted by Crippen LogP contribution is 2.26. The Morgan fingerprint density at radius 1 is 1.10 bits per heavy atom. The third kappa shape index (κ3) is 5.79. The number of hydrogen-bond donors (Lipinski definition) is 1. The molecular formula is C23H29ClN2O4S. The Morgan fingerprint density at radius 3 is 2.35 bits per heavy atom. The largest absolute Gasteiger partial charge is 0.492 e. The molecule has 31 heavy (non-hydrogen) atoms. The van der Waals surface area contributed by atoms with Crippen LogP contribution < -0.4 is 10.1 Å². The van der Waals surface area contributed by atoms with Gasteiger partial charge in [-0.05, 0) is 54.2 Å². The van der Waals surface area contributed by atoms with E-state index in [-0.39, 0.29) is 34.0 Å². The predicted molar refractivity (Wildman–Crippen MR) is 122 cm³/mol. The van der Waals surface area contributed by atoms with Crippen molar-refractivity contribution < 1.29 is 17.9 Å². The molecule has 8 heteroatoms. The molecule has 1 heterocycles. The number of rotatable bonds is 7. The van der Waals surface area contributed by atoms with Gasteiger partial charge in [0.05, 0.1) is 22.0 Å². The quantitative estimate of drug-likeness (QED) is 0.622. The molecule has 168 valence electrons. The second kappa shape index (κ2) is 9.59. The molecule has 2 aromatic carbocycles. The number of carbonyl (C=O) groups excluding carboxylic acids is 1. The normalized spacial score (nSPS) is 15.1. The Balaban J connectivity index is 1.58. The number of nitrogens with one attached hydrogen (secondary N) is 1. The Morgan fingerprint density at radius 2 is 1.74 bits per heavy atom. The molecule has 0 aromatic heterocycles. The fraction of sp³-hybridized carbons (Fsp3) is 0.435. The Bertz CT molecular complexity index is 1020. The maximum absolute atomic E-state index is 12.8. The third-order valence-corrected chi connectivity index (χ3v) is 7.49. The molecule has 1 amide bonds. The van der Waals surface area contributed by atoms with Crippen LogP contribution in [0.15, 0.2) is 47.4 Å². The van der Waals surface area contributed by atoms with Gasteiger partial charge in [-0.2, -0.15) is 4.31 Å². The summed E-state index contributed by atoms with van der Waals surface area (Å²) in [6.07, 6.45) is 1.69. The summed E-state index contributed by atoms with van der Waals surface area (Å²) < 4.78 is 32.6. The summed E-state index contributed by atoms with van der Waals surface area (Å²) in [4.78, 5) is 12.7. The predicted octanol–water partition coefficient (Wildman–Crippen LogP) is 4.23. The first-order valence-corrected chi connectivity index (χ1v) is 12.2. The number of carbonyl (C=O) groups is 1. The average molecular weight is 465 g/mol. The van der Waals surface area contributed by atoms with Crippen LogP contribution in [0, 0.1) is 0 Å². The van der Waals surface area contributed by atoms with E-state index in [9.17, 15) is 13.2 Å². The van der Waals surface area contributed by atoms with E-state index in [0.717, 1.165) is 18.6 Å². The molecule has 0 spiro atoms. The lowest BCUT2D eigenvalue weighted by Crippen LogP contribution is -2.30. The maximum atomic E-state index is 12.8. The summed E-state index contributed by atoms with van der Waals surface area (Å²) in [5, 5.41) is 2.94. The maximum Gasteiger partial charge on any atom is 0.252 e. The van der Waals surface area contributed by atoms with Crippen LogP contribution in [0.1, 0.15) is 49.5 Å². The number of amides is 1. The molecule has 3 rings (SSSR count). The lowest BCUT2D eigenvalue weighted by Gasteiger charge is -2.19. The fourth-order valence-electron chi connectivity index (χ4n) is 3.40. The molecule has 1 aliphatic heterocycles. The zero-order valence-corrected chi connectivity index (χ0v) is 19.7. The van der Waals surface area contributed by atoms with Crippen LogP contribution in [-0.4, -0.2) is 44.9 Å². The van der Waals surface area contributed by atoms with Gasteiger partial charge < -0.3 is 10.1 Å². The van der Waals surface area contributed by atoms with Gasteiger partial charge in [-0.3, -0.25) is 4.79 Å². The van der Waals surface area contributed by atoms with E-state index in [1.54, 1.807) is 0 Å². The van der Waals surface area contributed by atoms with Crippen molar-refractivity contribution >= 4 is 27.5 Å². The summed E-state index contributed by atoms with van der Waals surface area (Å²) in [6.45, 7) is 7.99. The smallest absolute Gasteiger partial charge is 0.252 e. The third-order valence-electron chi connectivity index (χ3n) is 5.26. The van der Waals surface area contributed by atoms with Gasteiger partial charge >= 0.3 is 0 Å². The second-order valence-corrected chi connectivity index (χ2v) is 11.0. The lowest BCUT2D eigenvalue weighted by molar-refractivity contribution is 0.0947. The van der Waals surface area contributed by atoms with Crippen molar-refractivity contribution in [3.05, 3.63) is 58.6 Å². The lowest BCUT2D eigenvalue weighted by atomic mass is 9.87. The molecule has 0 aliphatic carbocycles. The van der Waals surface area contributed by atoms with Crippen molar-refractivity contribution in [3.8, 4) is 5.75 Å². The van der Waals surface area contributed by atoms with Gasteiger partial charge in [-0.25, -0.2) is 8.42 Å². The van der Waals surface area contributed by atoms with Crippen molar-refractivity contribution in [1.29, 1.82) is 0 Å². The zero-order chi connectivity index (χ0) is 22.6. The van der Waals surface area contributed by atoms with E-state index >= 15 is 0 Å². The standard InChI is InChI=1S/C23H29ClN2O4S/c1-23(2,3)17-6-8-18(9-7-17)30-15-12-25-22(27)20-16-19(10-11-21(20)24)31(28,29)26-13-4-5-14-26/h6-11,16H,4-5,12-15H2,1-3H3,(H,25,27). The van der Waals surface area contributed by atoms with Crippen LogP contribution >= 0.6 is 11.6 Å². The van der Waals surface area contributed by atoms with Gasteiger partial charge in [0.2, 0.25) is 10.0 Å². The molecule has 1 fully saturated rings. The molecule has 1 aliphatic rings. The molecular weight excluding hydrogens is 436 g/mol. The first kappa shape index (κ1) is 23.6. The summed E-state index contributed by atoms with van der Waals surface area (Å²) >= 11 is 6.16. The highest BCUT2D eigenvalue weighted by molar-refractivity contribution is 7.89.